The lowest BCUT2D eigenvalue weighted by Crippen LogP contribution is -2.24. The molecule has 0 aliphatic rings. The summed E-state index contributed by atoms with van der Waals surface area (Å²) in [5.74, 6) is 1.97. The molecule has 0 amide bonds. The maximum atomic E-state index is 4.10. The Morgan fingerprint density at radius 3 is 2.50 bits per heavy atom. The number of thiol groups is 1. The molecule has 74 valence electrons. The smallest absolute Gasteiger partial charge is 0.00349 e. The normalized spacial score (nSPS) is 11.5. The van der Waals surface area contributed by atoms with Gasteiger partial charge in [0, 0.05) is 12.3 Å². The third-order valence-corrected chi connectivity index (χ3v) is 2.72. The van der Waals surface area contributed by atoms with Gasteiger partial charge in [-0.3, -0.25) is 0 Å². The first kappa shape index (κ1) is 12.7. The Morgan fingerprint density at radius 1 is 1.33 bits per heavy atom. The van der Waals surface area contributed by atoms with Crippen LogP contribution in [-0.4, -0.2) is 30.8 Å². The maximum absolute atomic E-state index is 4.10. The van der Waals surface area contributed by atoms with Gasteiger partial charge in [0.05, 0.1) is 0 Å². The van der Waals surface area contributed by atoms with Gasteiger partial charge in [0.1, 0.15) is 0 Å². The van der Waals surface area contributed by atoms with Crippen molar-refractivity contribution in [1.82, 2.24) is 4.90 Å². The van der Waals surface area contributed by atoms with E-state index in [1.807, 2.05) is 0 Å². The van der Waals surface area contributed by atoms with E-state index in [4.69, 9.17) is 0 Å². The summed E-state index contributed by atoms with van der Waals surface area (Å²) in [7, 11) is 3.85. The van der Waals surface area contributed by atoms with Crippen molar-refractivity contribution in [2.45, 2.75) is 26.7 Å². The van der Waals surface area contributed by atoms with Crippen LogP contribution < -0.4 is 0 Å². The summed E-state index contributed by atoms with van der Waals surface area (Å²) in [5.41, 5.74) is 0. The van der Waals surface area contributed by atoms with Crippen LogP contribution in [0.15, 0.2) is 0 Å². The molecule has 0 saturated carbocycles. The molecular formula is C9H21NS2. The molecule has 0 aromatic rings. The maximum Gasteiger partial charge on any atom is 0.00349 e. The number of unbranched alkanes of at least 4 members (excludes halogenated alkanes) is 1. The third kappa shape index (κ3) is 8.75. The Bertz CT molecular complexity index is 96.5. The second kappa shape index (κ2) is 8.27. The van der Waals surface area contributed by atoms with Crippen LogP contribution in [0.2, 0.25) is 0 Å². The third-order valence-electron chi connectivity index (χ3n) is 1.70. The minimum atomic E-state index is 0.786. The van der Waals surface area contributed by atoms with Gasteiger partial charge in [0.2, 0.25) is 0 Å². The Labute approximate surface area is 86.1 Å². The zero-order valence-electron chi connectivity index (χ0n) is 8.42. The molecule has 0 N–H and O–H groups in total. The van der Waals surface area contributed by atoms with Crippen molar-refractivity contribution in [1.29, 1.82) is 0 Å². The van der Waals surface area contributed by atoms with Crippen molar-refractivity contribution in [3.8, 4) is 0 Å². The predicted molar refractivity (Wildman–Crippen MR) is 63.0 cm³/mol. The fourth-order valence-corrected chi connectivity index (χ4v) is 1.98. The Balaban J connectivity index is 3.14. The second-order valence-corrected chi connectivity index (χ2v) is 5.14. The summed E-state index contributed by atoms with van der Waals surface area (Å²) in [6.45, 7) is 6.97. The molecule has 0 aliphatic carbocycles. The van der Waals surface area contributed by atoms with Crippen molar-refractivity contribution in [2.24, 2.45) is 5.92 Å². The van der Waals surface area contributed by atoms with Crippen molar-refractivity contribution in [3.63, 3.8) is 0 Å². The highest BCUT2D eigenvalue weighted by molar-refractivity contribution is 8.68. The van der Waals surface area contributed by atoms with E-state index in [0.29, 0.717) is 0 Å². The molecule has 0 aliphatic heterocycles. The van der Waals surface area contributed by atoms with E-state index in [-0.39, 0.29) is 0 Å². The molecule has 0 aromatic carbocycles. The van der Waals surface area contributed by atoms with E-state index in [1.54, 1.807) is 10.8 Å². The number of nitrogens with zero attached hydrogens (tertiary/aromatic N) is 1. The molecule has 0 atom stereocenters. The van der Waals surface area contributed by atoms with E-state index in [2.05, 4.69) is 37.5 Å². The first-order valence-electron chi connectivity index (χ1n) is 4.61. The van der Waals surface area contributed by atoms with E-state index >= 15 is 0 Å². The monoisotopic (exact) mass is 207 g/mol. The molecule has 12 heavy (non-hydrogen) atoms. The molecule has 0 saturated heterocycles. The minimum absolute atomic E-state index is 0.786. The van der Waals surface area contributed by atoms with Gasteiger partial charge < -0.3 is 4.90 Å². The number of hydrogen-bond acceptors (Lipinski definition) is 3. The van der Waals surface area contributed by atoms with E-state index < -0.39 is 0 Å². The van der Waals surface area contributed by atoms with Crippen molar-refractivity contribution < 1.29 is 0 Å². The molecule has 0 fully saturated rings. The lowest BCUT2D eigenvalue weighted by Gasteiger charge is -2.18. The highest BCUT2D eigenvalue weighted by Crippen LogP contribution is 2.08. The van der Waals surface area contributed by atoms with E-state index in [1.165, 1.54) is 31.7 Å². The quantitative estimate of drug-likeness (QED) is 0.388. The van der Waals surface area contributed by atoms with Gasteiger partial charge in [-0.1, -0.05) is 24.6 Å². The first-order valence-corrected chi connectivity index (χ1v) is 6.65. The molecular weight excluding hydrogens is 186 g/mol. The molecule has 3 heteroatoms. The molecule has 0 aromatic heterocycles. The van der Waals surface area contributed by atoms with Gasteiger partial charge in [-0.2, -0.15) is 0 Å². The van der Waals surface area contributed by atoms with E-state index in [9.17, 15) is 0 Å². The summed E-state index contributed by atoms with van der Waals surface area (Å²) in [4.78, 5) is 2.41. The molecule has 0 unspecified atom stereocenters. The number of rotatable bonds is 7. The average molecular weight is 207 g/mol. The summed E-state index contributed by atoms with van der Waals surface area (Å²) in [5, 5.41) is 0. The molecule has 0 rings (SSSR count). The topological polar surface area (TPSA) is 3.24 Å². The minimum Gasteiger partial charge on any atom is -0.306 e. The summed E-state index contributed by atoms with van der Waals surface area (Å²) >= 11 is 4.10. The van der Waals surface area contributed by atoms with Gasteiger partial charge in [-0.25, -0.2) is 0 Å². The largest absolute Gasteiger partial charge is 0.306 e. The van der Waals surface area contributed by atoms with Gasteiger partial charge in [0.25, 0.3) is 0 Å². The van der Waals surface area contributed by atoms with Gasteiger partial charge >= 0.3 is 0 Å². The van der Waals surface area contributed by atoms with Crippen molar-refractivity contribution >= 4 is 22.5 Å². The van der Waals surface area contributed by atoms with Crippen LogP contribution in [0.4, 0.5) is 0 Å². The van der Waals surface area contributed by atoms with Gasteiger partial charge in [0.15, 0.2) is 0 Å². The van der Waals surface area contributed by atoms with Crippen LogP contribution in [0.25, 0.3) is 0 Å². The lowest BCUT2D eigenvalue weighted by atomic mass is 10.2. The van der Waals surface area contributed by atoms with Gasteiger partial charge in [-0.05, 0) is 32.4 Å². The first-order chi connectivity index (χ1) is 5.66. The fourth-order valence-electron chi connectivity index (χ4n) is 1.26. The standard InChI is InChI=1S/C9H21NS2/c1-9(2)8-10(3)6-4-5-7-12-11/h9,11H,4-8H2,1-3H3. The summed E-state index contributed by atoms with van der Waals surface area (Å²) in [6.07, 6.45) is 2.59. The summed E-state index contributed by atoms with van der Waals surface area (Å²) < 4.78 is 0. The van der Waals surface area contributed by atoms with Crippen LogP contribution in [0.5, 0.6) is 0 Å². The zero-order chi connectivity index (χ0) is 9.40. The second-order valence-electron chi connectivity index (χ2n) is 3.70. The number of hydrogen-bond donors (Lipinski definition) is 1. The predicted octanol–water partition coefficient (Wildman–Crippen LogP) is 2.93. The Morgan fingerprint density at radius 2 is 2.00 bits per heavy atom. The van der Waals surface area contributed by atoms with Crippen LogP contribution in [-0.2, 0) is 0 Å². The lowest BCUT2D eigenvalue weighted by molar-refractivity contribution is 0.291. The highest BCUT2D eigenvalue weighted by atomic mass is 33.1. The molecule has 1 nitrogen and oxygen atoms in total. The SMILES string of the molecule is CC(C)CN(C)CCCCSS. The molecule has 0 heterocycles. The van der Waals surface area contributed by atoms with Gasteiger partial charge in [-0.15, -0.1) is 11.7 Å². The summed E-state index contributed by atoms with van der Waals surface area (Å²) in [6, 6.07) is 0. The van der Waals surface area contributed by atoms with Crippen LogP contribution in [0, 0.1) is 5.92 Å². The van der Waals surface area contributed by atoms with Crippen molar-refractivity contribution in [3.05, 3.63) is 0 Å². The van der Waals surface area contributed by atoms with Crippen LogP contribution in [0.3, 0.4) is 0 Å². The van der Waals surface area contributed by atoms with E-state index in [0.717, 1.165) is 5.92 Å². The zero-order valence-corrected chi connectivity index (χ0v) is 10.1. The van der Waals surface area contributed by atoms with Crippen LogP contribution in [0.1, 0.15) is 26.7 Å². The van der Waals surface area contributed by atoms with Crippen LogP contribution >= 0.6 is 22.5 Å². The Kier molecular flexibility index (Phi) is 8.72. The average Bonchev–Trinajstić information content (AvgIpc) is 1.97. The highest BCUT2D eigenvalue weighted by Gasteiger charge is 2.00. The fraction of sp³-hybridized carbons (Fsp3) is 1.00. The van der Waals surface area contributed by atoms with Crippen molar-refractivity contribution in [2.75, 3.05) is 25.9 Å². The molecule has 0 bridgehead atoms. The molecule has 0 radical (unpaired) electrons. The Hall–Kier alpha value is 0.660. The molecule has 0 spiro atoms.